The maximum atomic E-state index is 12.0. The van der Waals surface area contributed by atoms with Gasteiger partial charge in [0.25, 0.3) is 15.9 Å². The SMILES string of the molecule is CCNC(=O)c1ccc(NC2=NS(=O)(=O)c3ccccc32)cc1. The standard InChI is InChI=1S/C16H15N3O3S/c1-2-17-16(20)11-7-9-12(10-8-11)18-15-13-5-3-4-6-14(13)23(21,22)19-15/h3-10H,2H2,1H3,(H,17,20)(H,18,19). The van der Waals surface area contributed by atoms with E-state index in [1.54, 1.807) is 42.5 Å². The second-order valence-corrected chi connectivity index (χ2v) is 6.55. The molecule has 0 aliphatic carbocycles. The summed E-state index contributed by atoms with van der Waals surface area (Å²) in [6.07, 6.45) is 0. The second kappa shape index (κ2) is 5.85. The number of carbonyl (C=O) groups excluding carboxylic acids is 1. The molecule has 0 saturated heterocycles. The van der Waals surface area contributed by atoms with Gasteiger partial charge in [0.15, 0.2) is 5.84 Å². The first-order chi connectivity index (χ1) is 11.0. The number of carbonyl (C=O) groups is 1. The predicted molar refractivity (Wildman–Crippen MR) is 88.2 cm³/mol. The molecule has 2 N–H and O–H groups in total. The summed E-state index contributed by atoms with van der Waals surface area (Å²) in [5, 5.41) is 5.71. The van der Waals surface area contributed by atoms with Crippen molar-refractivity contribution in [3.63, 3.8) is 0 Å². The molecule has 1 heterocycles. The molecule has 23 heavy (non-hydrogen) atoms. The number of sulfonamides is 1. The quantitative estimate of drug-likeness (QED) is 0.901. The molecule has 6 nitrogen and oxygen atoms in total. The molecular formula is C16H15N3O3S. The molecule has 0 fully saturated rings. The Morgan fingerprint density at radius 1 is 1.09 bits per heavy atom. The largest absolute Gasteiger partial charge is 0.352 e. The molecule has 0 atom stereocenters. The topological polar surface area (TPSA) is 87.6 Å². The van der Waals surface area contributed by atoms with E-state index in [0.717, 1.165) is 0 Å². The van der Waals surface area contributed by atoms with Crippen molar-refractivity contribution in [1.82, 2.24) is 5.32 Å². The molecule has 0 spiro atoms. The first kappa shape index (κ1) is 15.2. The Morgan fingerprint density at radius 3 is 2.48 bits per heavy atom. The number of nitrogens with zero attached hydrogens (tertiary/aromatic N) is 1. The number of amides is 1. The molecule has 1 amide bonds. The van der Waals surface area contributed by atoms with Crippen LogP contribution in [-0.2, 0) is 10.0 Å². The van der Waals surface area contributed by atoms with Gasteiger partial charge in [0.1, 0.15) is 4.90 Å². The number of nitrogens with one attached hydrogen (secondary N) is 2. The summed E-state index contributed by atoms with van der Waals surface area (Å²) in [7, 11) is -3.64. The van der Waals surface area contributed by atoms with Crippen LogP contribution in [0.5, 0.6) is 0 Å². The van der Waals surface area contributed by atoms with Crippen LogP contribution in [0, 0.1) is 0 Å². The van der Waals surface area contributed by atoms with Crippen LogP contribution in [0.4, 0.5) is 5.69 Å². The van der Waals surface area contributed by atoms with Crippen molar-refractivity contribution in [2.75, 3.05) is 11.9 Å². The highest BCUT2D eigenvalue weighted by Gasteiger charge is 2.28. The van der Waals surface area contributed by atoms with Gasteiger partial charge in [-0.25, -0.2) is 0 Å². The molecule has 0 aromatic heterocycles. The first-order valence-electron chi connectivity index (χ1n) is 7.11. The molecule has 0 saturated carbocycles. The van der Waals surface area contributed by atoms with E-state index in [9.17, 15) is 13.2 Å². The molecule has 7 heteroatoms. The highest BCUT2D eigenvalue weighted by molar-refractivity contribution is 7.90. The third-order valence-electron chi connectivity index (χ3n) is 3.38. The Hall–Kier alpha value is -2.67. The van der Waals surface area contributed by atoms with E-state index in [2.05, 4.69) is 15.0 Å². The smallest absolute Gasteiger partial charge is 0.285 e. The van der Waals surface area contributed by atoms with E-state index in [0.29, 0.717) is 23.4 Å². The maximum Gasteiger partial charge on any atom is 0.285 e. The Bertz CT molecular complexity index is 887. The molecule has 1 aliphatic rings. The molecule has 0 unspecified atom stereocenters. The number of amidine groups is 1. The van der Waals surface area contributed by atoms with Crippen molar-refractivity contribution in [3.8, 4) is 0 Å². The van der Waals surface area contributed by atoms with E-state index in [1.165, 1.54) is 6.07 Å². The molecule has 1 aliphatic heterocycles. The van der Waals surface area contributed by atoms with E-state index in [-0.39, 0.29) is 16.6 Å². The Kier molecular flexibility index (Phi) is 3.87. The third kappa shape index (κ3) is 2.95. The first-order valence-corrected chi connectivity index (χ1v) is 8.55. The fraction of sp³-hybridized carbons (Fsp3) is 0.125. The van der Waals surface area contributed by atoms with Crippen molar-refractivity contribution in [1.29, 1.82) is 0 Å². The van der Waals surface area contributed by atoms with Gasteiger partial charge in [-0.3, -0.25) is 4.79 Å². The number of benzene rings is 2. The van der Waals surface area contributed by atoms with E-state index in [4.69, 9.17) is 0 Å². The highest BCUT2D eigenvalue weighted by Crippen LogP contribution is 2.26. The minimum absolute atomic E-state index is 0.148. The van der Waals surface area contributed by atoms with Gasteiger partial charge in [0.05, 0.1) is 0 Å². The summed E-state index contributed by atoms with van der Waals surface area (Å²) >= 11 is 0. The third-order valence-corrected chi connectivity index (χ3v) is 4.71. The maximum absolute atomic E-state index is 12.0. The van der Waals surface area contributed by atoms with Gasteiger partial charge < -0.3 is 10.6 Å². The zero-order valence-electron chi connectivity index (χ0n) is 12.4. The van der Waals surface area contributed by atoms with Gasteiger partial charge in [-0.1, -0.05) is 12.1 Å². The van der Waals surface area contributed by atoms with Crippen molar-refractivity contribution in [2.24, 2.45) is 4.40 Å². The number of anilines is 1. The number of rotatable bonds is 3. The Labute approximate surface area is 134 Å². The van der Waals surface area contributed by atoms with Crippen LogP contribution < -0.4 is 10.6 Å². The molecular weight excluding hydrogens is 314 g/mol. The Morgan fingerprint density at radius 2 is 1.78 bits per heavy atom. The minimum Gasteiger partial charge on any atom is -0.352 e. The average molecular weight is 329 g/mol. The molecule has 0 radical (unpaired) electrons. The van der Waals surface area contributed by atoms with Crippen molar-refractivity contribution >= 4 is 27.5 Å². The van der Waals surface area contributed by atoms with Crippen molar-refractivity contribution in [3.05, 3.63) is 59.7 Å². The lowest BCUT2D eigenvalue weighted by Gasteiger charge is -2.07. The van der Waals surface area contributed by atoms with E-state index in [1.807, 2.05) is 6.92 Å². The molecule has 3 rings (SSSR count). The van der Waals surface area contributed by atoms with Gasteiger partial charge in [-0.15, -0.1) is 4.40 Å². The molecule has 2 aromatic carbocycles. The van der Waals surface area contributed by atoms with Crippen LogP contribution >= 0.6 is 0 Å². The zero-order chi connectivity index (χ0) is 16.4. The van der Waals surface area contributed by atoms with Crippen molar-refractivity contribution in [2.45, 2.75) is 11.8 Å². The summed E-state index contributed by atoms with van der Waals surface area (Å²) in [5.74, 6) is 0.136. The second-order valence-electron chi connectivity index (χ2n) is 4.97. The lowest BCUT2D eigenvalue weighted by atomic mass is 10.1. The summed E-state index contributed by atoms with van der Waals surface area (Å²) in [6, 6.07) is 13.4. The number of fused-ring (bicyclic) bond motifs is 1. The Balaban J connectivity index is 1.85. The fourth-order valence-electron chi connectivity index (χ4n) is 2.30. The average Bonchev–Trinajstić information content (AvgIpc) is 2.80. The zero-order valence-corrected chi connectivity index (χ0v) is 13.2. The minimum atomic E-state index is -3.64. The monoisotopic (exact) mass is 329 g/mol. The van der Waals surface area contributed by atoms with Gasteiger partial charge in [0, 0.05) is 23.4 Å². The lowest BCUT2D eigenvalue weighted by Crippen LogP contribution is -2.22. The van der Waals surface area contributed by atoms with E-state index < -0.39 is 10.0 Å². The van der Waals surface area contributed by atoms with Crippen LogP contribution in [0.3, 0.4) is 0 Å². The summed E-state index contributed by atoms with van der Waals surface area (Å²) in [5.41, 5.74) is 1.74. The molecule has 0 bridgehead atoms. The van der Waals surface area contributed by atoms with Crippen molar-refractivity contribution < 1.29 is 13.2 Å². The van der Waals surface area contributed by atoms with Gasteiger partial charge in [-0.05, 0) is 43.3 Å². The van der Waals surface area contributed by atoms with E-state index >= 15 is 0 Å². The van der Waals surface area contributed by atoms with Gasteiger partial charge >= 0.3 is 0 Å². The number of hydrogen-bond donors (Lipinski definition) is 2. The predicted octanol–water partition coefficient (Wildman–Crippen LogP) is 2.00. The lowest BCUT2D eigenvalue weighted by molar-refractivity contribution is 0.0956. The summed E-state index contributed by atoms with van der Waals surface area (Å²) in [4.78, 5) is 11.9. The van der Waals surface area contributed by atoms with Crippen LogP contribution in [0.15, 0.2) is 57.8 Å². The van der Waals surface area contributed by atoms with Gasteiger partial charge in [-0.2, -0.15) is 8.42 Å². The van der Waals surface area contributed by atoms with Gasteiger partial charge in [0.2, 0.25) is 0 Å². The molecule has 118 valence electrons. The summed E-state index contributed by atoms with van der Waals surface area (Å²) in [6.45, 7) is 2.41. The molecule has 2 aromatic rings. The van der Waals surface area contributed by atoms with Crippen LogP contribution in [0.25, 0.3) is 0 Å². The normalized spacial score (nSPS) is 14.7. The van der Waals surface area contributed by atoms with Crippen LogP contribution in [-0.4, -0.2) is 26.7 Å². The number of hydrogen-bond acceptors (Lipinski definition) is 4. The fourth-order valence-corrected chi connectivity index (χ4v) is 3.48. The summed E-state index contributed by atoms with van der Waals surface area (Å²) < 4.78 is 27.7. The highest BCUT2D eigenvalue weighted by atomic mass is 32.2. The van der Waals surface area contributed by atoms with Crippen LogP contribution in [0.2, 0.25) is 0 Å². The van der Waals surface area contributed by atoms with Crippen LogP contribution in [0.1, 0.15) is 22.8 Å².